The van der Waals surface area contributed by atoms with Gasteiger partial charge in [-0.05, 0) is 85.8 Å². The molecule has 38 heavy (non-hydrogen) atoms. The first kappa shape index (κ1) is 25.2. The number of hydrogen-bond donors (Lipinski definition) is 2. The molecule has 6 rings (SSSR count). The molecule has 0 heterocycles. The molecule has 2 aromatic carbocycles. The number of carbonyl (C=O) groups is 2. The standard InChI is InChI=1S/C26H26N6O6/c33-23(29-27-14-17-1-5-21(6-2-17)31(35)36)25-10-19-9-20(11-25)13-26(12-19,16-25)24(34)30-28-15-18-3-7-22(8-4-18)32(37)38/h1-8,14-15,19-20H,9-13,16H2,(H,29,33)(H,30,34)/b27-14-,28-15+. The smallest absolute Gasteiger partial charge is 0.269 e. The number of nitrogens with zero attached hydrogens (tertiary/aromatic N) is 4. The highest BCUT2D eigenvalue weighted by molar-refractivity contribution is 5.90. The van der Waals surface area contributed by atoms with Crippen LogP contribution in [0.15, 0.2) is 58.7 Å². The molecule has 4 fully saturated rings. The molecule has 2 unspecified atom stereocenters. The van der Waals surface area contributed by atoms with Crippen LogP contribution in [-0.4, -0.2) is 34.1 Å². The Labute approximate surface area is 217 Å². The number of nitro groups is 2. The van der Waals surface area contributed by atoms with Gasteiger partial charge >= 0.3 is 0 Å². The maximum atomic E-state index is 13.3. The molecular formula is C26H26N6O6. The van der Waals surface area contributed by atoms with E-state index < -0.39 is 20.7 Å². The number of rotatable bonds is 8. The first-order valence-corrected chi connectivity index (χ1v) is 12.3. The molecule has 2 atom stereocenters. The van der Waals surface area contributed by atoms with E-state index in [1.807, 2.05) is 0 Å². The summed E-state index contributed by atoms with van der Waals surface area (Å²) in [6, 6.07) is 11.7. The van der Waals surface area contributed by atoms with Gasteiger partial charge in [-0.3, -0.25) is 29.8 Å². The van der Waals surface area contributed by atoms with E-state index >= 15 is 0 Å². The second kappa shape index (κ2) is 9.77. The van der Waals surface area contributed by atoms with E-state index in [1.165, 1.54) is 36.7 Å². The Balaban J connectivity index is 1.24. The van der Waals surface area contributed by atoms with Crippen LogP contribution in [0.3, 0.4) is 0 Å². The number of hydrazone groups is 2. The van der Waals surface area contributed by atoms with Crippen molar-refractivity contribution in [2.75, 3.05) is 0 Å². The molecule has 0 spiro atoms. The lowest BCUT2D eigenvalue weighted by Crippen LogP contribution is -2.60. The van der Waals surface area contributed by atoms with Crippen LogP contribution in [0.1, 0.15) is 49.7 Å². The van der Waals surface area contributed by atoms with E-state index in [1.54, 1.807) is 24.3 Å². The molecule has 2 amide bonds. The van der Waals surface area contributed by atoms with Gasteiger partial charge in [0.1, 0.15) is 0 Å². The zero-order valence-corrected chi connectivity index (χ0v) is 20.4. The first-order chi connectivity index (χ1) is 18.2. The van der Waals surface area contributed by atoms with Gasteiger partial charge in [-0.2, -0.15) is 10.2 Å². The molecule has 2 aromatic rings. The number of carbonyl (C=O) groups excluding carboxylic acids is 2. The lowest BCUT2D eigenvalue weighted by Gasteiger charge is -2.60. The Morgan fingerprint density at radius 1 is 0.737 bits per heavy atom. The molecule has 2 N–H and O–H groups in total. The number of benzene rings is 2. The van der Waals surface area contributed by atoms with Crippen molar-refractivity contribution in [2.24, 2.45) is 32.9 Å². The van der Waals surface area contributed by atoms with Crippen molar-refractivity contribution in [1.82, 2.24) is 10.9 Å². The van der Waals surface area contributed by atoms with Crippen molar-refractivity contribution in [3.63, 3.8) is 0 Å². The van der Waals surface area contributed by atoms with E-state index in [-0.39, 0.29) is 35.0 Å². The molecular weight excluding hydrogens is 492 g/mol. The molecule has 4 saturated carbocycles. The molecule has 0 radical (unpaired) electrons. The fourth-order valence-electron chi connectivity index (χ4n) is 6.73. The van der Waals surface area contributed by atoms with Crippen LogP contribution >= 0.6 is 0 Å². The number of hydrogen-bond acceptors (Lipinski definition) is 8. The second-order valence-electron chi connectivity index (χ2n) is 10.6. The minimum Gasteiger partial charge on any atom is -0.273 e. The summed E-state index contributed by atoms with van der Waals surface area (Å²) in [5.41, 5.74) is 5.10. The maximum absolute atomic E-state index is 13.3. The first-order valence-electron chi connectivity index (χ1n) is 12.3. The number of amides is 2. The summed E-state index contributed by atoms with van der Waals surface area (Å²) in [5, 5.41) is 29.8. The zero-order valence-electron chi connectivity index (χ0n) is 20.4. The second-order valence-corrected chi connectivity index (χ2v) is 10.6. The minimum absolute atomic E-state index is 0.0274. The molecule has 0 aliphatic heterocycles. The van der Waals surface area contributed by atoms with Crippen molar-refractivity contribution in [1.29, 1.82) is 0 Å². The number of nitrogens with one attached hydrogen (secondary N) is 2. The molecule has 4 aliphatic rings. The summed E-state index contributed by atoms with van der Waals surface area (Å²) in [7, 11) is 0. The van der Waals surface area contributed by atoms with Crippen LogP contribution in [-0.2, 0) is 9.59 Å². The molecule has 12 nitrogen and oxygen atoms in total. The molecule has 0 saturated heterocycles. The molecule has 12 heteroatoms. The van der Waals surface area contributed by atoms with Gasteiger partial charge in [-0.25, -0.2) is 10.9 Å². The third kappa shape index (κ3) is 4.89. The predicted molar refractivity (Wildman–Crippen MR) is 137 cm³/mol. The molecule has 0 aromatic heterocycles. The third-order valence-corrected chi connectivity index (χ3v) is 7.99. The van der Waals surface area contributed by atoms with Gasteiger partial charge in [0.25, 0.3) is 11.4 Å². The van der Waals surface area contributed by atoms with Crippen molar-refractivity contribution < 1.29 is 19.4 Å². The summed E-state index contributed by atoms with van der Waals surface area (Å²) in [6.07, 6.45) is 7.15. The van der Waals surface area contributed by atoms with Crippen LogP contribution in [0.5, 0.6) is 0 Å². The van der Waals surface area contributed by atoms with Crippen molar-refractivity contribution in [3.8, 4) is 0 Å². The Hall–Kier alpha value is -4.48. The fourth-order valence-corrected chi connectivity index (χ4v) is 6.73. The van der Waals surface area contributed by atoms with Gasteiger partial charge in [0.2, 0.25) is 11.8 Å². The van der Waals surface area contributed by atoms with Crippen LogP contribution in [0.25, 0.3) is 0 Å². The van der Waals surface area contributed by atoms with E-state index in [9.17, 15) is 29.8 Å². The highest BCUT2D eigenvalue weighted by atomic mass is 16.6. The normalized spacial score (nSPS) is 27.5. The van der Waals surface area contributed by atoms with Gasteiger partial charge in [-0.15, -0.1) is 0 Å². The largest absolute Gasteiger partial charge is 0.273 e. The highest BCUT2D eigenvalue weighted by Gasteiger charge is 2.63. The fraction of sp³-hybridized carbons (Fsp3) is 0.385. The Kier molecular flexibility index (Phi) is 6.47. The van der Waals surface area contributed by atoms with Gasteiger partial charge in [0, 0.05) is 24.3 Å². The van der Waals surface area contributed by atoms with Gasteiger partial charge in [0.15, 0.2) is 0 Å². The summed E-state index contributed by atoms with van der Waals surface area (Å²) >= 11 is 0. The third-order valence-electron chi connectivity index (χ3n) is 7.99. The zero-order chi connectivity index (χ0) is 26.9. The lowest BCUT2D eigenvalue weighted by molar-refractivity contribution is -0.385. The van der Waals surface area contributed by atoms with Crippen molar-refractivity contribution in [3.05, 3.63) is 79.9 Å². The molecule has 4 aliphatic carbocycles. The minimum atomic E-state index is -0.684. The predicted octanol–water partition coefficient (Wildman–Crippen LogP) is 3.69. The van der Waals surface area contributed by atoms with E-state index in [0.29, 0.717) is 43.2 Å². The van der Waals surface area contributed by atoms with E-state index in [2.05, 4.69) is 21.1 Å². The quantitative estimate of drug-likeness (QED) is 0.307. The summed E-state index contributed by atoms with van der Waals surface area (Å²) in [6.45, 7) is 0. The SMILES string of the molecule is O=C(N/N=C\c1ccc([N+](=O)[O-])cc1)C12CC3CC(C1)CC(C(=O)N/N=C/c1ccc([N+](=O)[O-])cc1)(C3)C2. The lowest BCUT2D eigenvalue weighted by atomic mass is 9.43. The summed E-state index contributed by atoms with van der Waals surface area (Å²) in [5.74, 6) is 0.114. The Bertz CT molecular complexity index is 1220. The number of nitro benzene ring substituents is 2. The average Bonchev–Trinajstić information content (AvgIpc) is 2.88. The van der Waals surface area contributed by atoms with Crippen molar-refractivity contribution in [2.45, 2.75) is 38.5 Å². The average molecular weight is 519 g/mol. The van der Waals surface area contributed by atoms with E-state index in [0.717, 1.165) is 6.42 Å². The van der Waals surface area contributed by atoms with Gasteiger partial charge < -0.3 is 0 Å². The van der Waals surface area contributed by atoms with Gasteiger partial charge in [0.05, 0.1) is 33.1 Å². The van der Waals surface area contributed by atoms with Crippen LogP contribution in [0.4, 0.5) is 11.4 Å². The topological polar surface area (TPSA) is 169 Å². The van der Waals surface area contributed by atoms with E-state index in [4.69, 9.17) is 0 Å². The molecule has 4 bridgehead atoms. The van der Waals surface area contributed by atoms with Crippen LogP contribution in [0, 0.1) is 42.9 Å². The Morgan fingerprint density at radius 3 is 1.45 bits per heavy atom. The monoisotopic (exact) mass is 518 g/mol. The molecule has 196 valence electrons. The van der Waals surface area contributed by atoms with Crippen LogP contribution in [0.2, 0.25) is 0 Å². The highest BCUT2D eigenvalue weighted by Crippen LogP contribution is 2.65. The maximum Gasteiger partial charge on any atom is 0.269 e. The Morgan fingerprint density at radius 2 is 1.11 bits per heavy atom. The summed E-state index contributed by atoms with van der Waals surface area (Å²) < 4.78 is 0. The van der Waals surface area contributed by atoms with Gasteiger partial charge in [-0.1, -0.05) is 0 Å². The number of non-ortho nitro benzene ring substituents is 2. The summed E-state index contributed by atoms with van der Waals surface area (Å²) in [4.78, 5) is 47.3. The van der Waals surface area contributed by atoms with Crippen molar-refractivity contribution >= 4 is 35.6 Å². The van der Waals surface area contributed by atoms with Crippen LogP contribution < -0.4 is 10.9 Å².